The van der Waals surface area contributed by atoms with Crippen molar-refractivity contribution in [1.29, 1.82) is 0 Å². The molecule has 0 unspecified atom stereocenters. The maximum absolute atomic E-state index is 13.1. The lowest BCUT2D eigenvalue weighted by atomic mass is 9.83. The third-order valence-electron chi connectivity index (χ3n) is 7.37. The predicted octanol–water partition coefficient (Wildman–Crippen LogP) is 5.35. The fourth-order valence-electron chi connectivity index (χ4n) is 4.57. The Morgan fingerprint density at radius 2 is 1.57 bits per heavy atom. The van der Waals surface area contributed by atoms with Crippen molar-refractivity contribution in [2.45, 2.75) is 79.1 Å². The summed E-state index contributed by atoms with van der Waals surface area (Å²) in [5.74, 6) is 0.403. The predicted molar refractivity (Wildman–Crippen MR) is 165 cm³/mol. The monoisotopic (exact) mass is 575 g/mol. The molecule has 5 N–H and O–H groups in total. The topological polar surface area (TPSA) is 114 Å². The van der Waals surface area contributed by atoms with Gasteiger partial charge in [0.25, 0.3) is 5.91 Å². The molecule has 2 aromatic carbocycles. The average molecular weight is 576 g/mol. The number of carbonyl (C=O) groups is 2. The number of rotatable bonds is 17. The third kappa shape index (κ3) is 11.9. The number of carbonyl (C=O) groups excluding carboxylic acids is 2. The van der Waals surface area contributed by atoms with Crippen LogP contribution in [0.25, 0.3) is 0 Å². The molecule has 40 heavy (non-hydrogen) atoms. The fraction of sp³-hybridized carbons (Fsp3) is 0.562. The molecule has 0 saturated carbocycles. The number of benzene rings is 2. The van der Waals surface area contributed by atoms with E-state index in [0.29, 0.717) is 43.9 Å². The van der Waals surface area contributed by atoms with Crippen LogP contribution in [0.4, 0.5) is 0 Å². The van der Waals surface area contributed by atoms with Crippen LogP contribution in [-0.4, -0.2) is 42.2 Å². The second-order valence-electron chi connectivity index (χ2n) is 11.2. The molecule has 2 rings (SSSR count). The first-order valence-corrected chi connectivity index (χ1v) is 14.4. The Labute approximate surface area is 247 Å². The van der Waals surface area contributed by atoms with E-state index in [-0.39, 0.29) is 47.9 Å². The molecule has 0 radical (unpaired) electrons. The number of ether oxygens (including phenoxy) is 1. The van der Waals surface area contributed by atoms with Gasteiger partial charge in [-0.1, -0.05) is 83.5 Å². The summed E-state index contributed by atoms with van der Waals surface area (Å²) < 4.78 is 5.95. The summed E-state index contributed by atoms with van der Waals surface area (Å²) >= 11 is 0. The molecular formula is C32H50ClN3O4. The van der Waals surface area contributed by atoms with Crippen LogP contribution >= 0.6 is 12.4 Å². The maximum atomic E-state index is 13.1. The number of aliphatic hydroxyl groups is 1. The van der Waals surface area contributed by atoms with Gasteiger partial charge in [-0.15, -0.1) is 12.4 Å². The first-order valence-electron chi connectivity index (χ1n) is 14.4. The zero-order valence-electron chi connectivity index (χ0n) is 24.8. The largest absolute Gasteiger partial charge is 0.488 e. The Morgan fingerprint density at radius 3 is 2.20 bits per heavy atom. The Morgan fingerprint density at radius 1 is 0.925 bits per heavy atom. The molecule has 0 aliphatic heterocycles. The highest BCUT2D eigenvalue weighted by molar-refractivity contribution is 5.96. The molecule has 2 aromatic rings. The number of halogens is 1. The van der Waals surface area contributed by atoms with Gasteiger partial charge in [-0.25, -0.2) is 0 Å². The fourth-order valence-corrected chi connectivity index (χ4v) is 4.57. The van der Waals surface area contributed by atoms with Crippen molar-refractivity contribution in [3.05, 3.63) is 65.7 Å². The average Bonchev–Trinajstić information content (AvgIpc) is 2.92. The molecule has 0 aliphatic carbocycles. The smallest absolute Gasteiger partial charge is 0.255 e. The van der Waals surface area contributed by atoms with Crippen LogP contribution in [0.2, 0.25) is 0 Å². The highest BCUT2D eigenvalue weighted by atomic mass is 35.5. The normalized spacial score (nSPS) is 14.1. The van der Waals surface area contributed by atoms with E-state index in [4.69, 9.17) is 10.5 Å². The van der Waals surface area contributed by atoms with Crippen LogP contribution in [-0.2, 0) is 11.4 Å². The van der Waals surface area contributed by atoms with E-state index in [2.05, 4.69) is 31.4 Å². The summed E-state index contributed by atoms with van der Waals surface area (Å²) in [6.07, 6.45) is 2.00. The number of hydrogen-bond donors (Lipinski definition) is 4. The van der Waals surface area contributed by atoms with Crippen molar-refractivity contribution < 1.29 is 19.4 Å². The highest BCUT2D eigenvalue weighted by Crippen LogP contribution is 2.24. The second-order valence-corrected chi connectivity index (χ2v) is 11.2. The van der Waals surface area contributed by atoms with Crippen molar-refractivity contribution in [3.8, 4) is 5.75 Å². The summed E-state index contributed by atoms with van der Waals surface area (Å²) in [7, 11) is 0. The van der Waals surface area contributed by atoms with E-state index in [1.807, 2.05) is 56.3 Å². The number of nitrogens with one attached hydrogen (secondary N) is 2. The number of amides is 2. The molecule has 0 bridgehead atoms. The zero-order valence-corrected chi connectivity index (χ0v) is 25.6. The van der Waals surface area contributed by atoms with E-state index in [0.717, 1.165) is 18.4 Å². The number of para-hydroxylation sites is 1. The Hall–Kier alpha value is -2.61. The van der Waals surface area contributed by atoms with Gasteiger partial charge in [0.05, 0.1) is 11.7 Å². The minimum atomic E-state index is -0.807. The van der Waals surface area contributed by atoms with Crippen LogP contribution < -0.4 is 21.1 Å². The Balaban J connectivity index is 0.00000800. The summed E-state index contributed by atoms with van der Waals surface area (Å²) in [6.45, 7) is 11.7. The first kappa shape index (κ1) is 35.4. The highest BCUT2D eigenvalue weighted by Gasteiger charge is 2.29. The van der Waals surface area contributed by atoms with E-state index < -0.39 is 12.1 Å². The van der Waals surface area contributed by atoms with Gasteiger partial charge in [0.15, 0.2) is 0 Å². The van der Waals surface area contributed by atoms with Crippen LogP contribution in [0, 0.1) is 23.7 Å². The summed E-state index contributed by atoms with van der Waals surface area (Å²) in [5, 5.41) is 17.0. The van der Waals surface area contributed by atoms with Crippen molar-refractivity contribution >= 4 is 24.2 Å². The van der Waals surface area contributed by atoms with E-state index in [1.54, 1.807) is 12.1 Å². The standard InChI is InChI=1S/C32H49N3O4.ClH/c1-6-7-17-34-32(38)27(23(4)5)19-29(36)28(33)18-25(22(2)3)20-35-31(37)26-15-11-12-16-30(26)39-21-24-13-9-8-10-14-24;/h8-16,22-23,25,27-29,36H,6-7,17-21,33H2,1-5H3,(H,34,38)(H,35,37);1H/t25-,27+,28-,29-;/m0./s1. The van der Waals surface area contributed by atoms with Crippen LogP contribution in [0.1, 0.15) is 76.2 Å². The van der Waals surface area contributed by atoms with Gasteiger partial charge < -0.3 is 26.2 Å². The lowest BCUT2D eigenvalue weighted by Crippen LogP contribution is -2.44. The maximum Gasteiger partial charge on any atom is 0.255 e. The van der Waals surface area contributed by atoms with Gasteiger partial charge in [-0.05, 0) is 54.7 Å². The Kier molecular flexibility index (Phi) is 16.5. The molecule has 2 amide bonds. The lowest BCUT2D eigenvalue weighted by Gasteiger charge is -2.30. The molecule has 224 valence electrons. The molecule has 0 fully saturated rings. The van der Waals surface area contributed by atoms with Gasteiger partial charge in [0, 0.05) is 25.0 Å². The molecule has 0 spiro atoms. The Bertz CT molecular complexity index is 1000. The van der Waals surface area contributed by atoms with Crippen LogP contribution in [0.15, 0.2) is 54.6 Å². The van der Waals surface area contributed by atoms with E-state index in [9.17, 15) is 14.7 Å². The van der Waals surface area contributed by atoms with Gasteiger partial charge in [0.1, 0.15) is 12.4 Å². The van der Waals surface area contributed by atoms with Crippen molar-refractivity contribution in [2.24, 2.45) is 29.4 Å². The molecule has 0 aliphatic rings. The third-order valence-corrected chi connectivity index (χ3v) is 7.37. The van der Waals surface area contributed by atoms with E-state index >= 15 is 0 Å². The lowest BCUT2D eigenvalue weighted by molar-refractivity contribution is -0.127. The molecule has 0 aromatic heterocycles. The van der Waals surface area contributed by atoms with Crippen LogP contribution in [0.3, 0.4) is 0 Å². The second kappa shape index (κ2) is 18.7. The summed E-state index contributed by atoms with van der Waals surface area (Å²) in [4.78, 5) is 25.8. The molecule has 0 saturated heterocycles. The molecule has 0 heterocycles. The first-order chi connectivity index (χ1) is 18.6. The molecule has 8 heteroatoms. The minimum Gasteiger partial charge on any atom is -0.488 e. The number of nitrogens with two attached hydrogens (primary N) is 1. The van der Waals surface area contributed by atoms with Gasteiger partial charge >= 0.3 is 0 Å². The SMILES string of the molecule is CCCCNC(=O)[C@H](C[C@H](O)[C@@H](N)C[C@@H](CNC(=O)c1ccccc1OCc1ccccc1)C(C)C)C(C)C.Cl. The minimum absolute atomic E-state index is 0. The summed E-state index contributed by atoms with van der Waals surface area (Å²) in [6, 6.07) is 16.6. The van der Waals surface area contributed by atoms with Crippen LogP contribution in [0.5, 0.6) is 5.75 Å². The summed E-state index contributed by atoms with van der Waals surface area (Å²) in [5.41, 5.74) is 7.96. The van der Waals surface area contributed by atoms with Crippen molar-refractivity contribution in [2.75, 3.05) is 13.1 Å². The number of unbranched alkanes of at least 4 members (excludes halogenated alkanes) is 1. The van der Waals surface area contributed by atoms with E-state index in [1.165, 1.54) is 0 Å². The van der Waals surface area contributed by atoms with Crippen molar-refractivity contribution in [3.63, 3.8) is 0 Å². The van der Waals surface area contributed by atoms with Gasteiger partial charge in [0.2, 0.25) is 5.91 Å². The molecule has 7 nitrogen and oxygen atoms in total. The molecular weight excluding hydrogens is 526 g/mol. The number of aliphatic hydroxyl groups excluding tert-OH is 1. The number of hydrogen-bond acceptors (Lipinski definition) is 5. The van der Waals surface area contributed by atoms with Gasteiger partial charge in [-0.2, -0.15) is 0 Å². The van der Waals surface area contributed by atoms with Crippen molar-refractivity contribution in [1.82, 2.24) is 10.6 Å². The molecule has 4 atom stereocenters. The zero-order chi connectivity index (χ0) is 28.8. The quantitative estimate of drug-likeness (QED) is 0.190. The van der Waals surface area contributed by atoms with Gasteiger partial charge in [-0.3, -0.25) is 9.59 Å².